The molecule has 0 atom stereocenters. The van der Waals surface area contributed by atoms with Gasteiger partial charge >= 0.3 is 12.0 Å². The molecule has 2 aromatic rings. The summed E-state index contributed by atoms with van der Waals surface area (Å²) in [7, 11) is 0. The number of nitrogens with zero attached hydrogens (tertiary/aromatic N) is 3. The molecule has 0 aliphatic carbocycles. The van der Waals surface area contributed by atoms with Gasteiger partial charge in [-0.25, -0.2) is 4.79 Å². The largest absolute Gasteiger partial charge is 0.475 e. The standard InChI is InChI=1S/C8H5F2N3O2S/c9-8(10,7(14)15)13-3-6(11-12-13)5-1-2-16-4-5/h1-4H,(H,14,15). The van der Waals surface area contributed by atoms with Crippen LogP contribution in [-0.2, 0) is 10.8 Å². The Hall–Kier alpha value is -1.83. The predicted molar refractivity (Wildman–Crippen MR) is 51.2 cm³/mol. The molecule has 0 amide bonds. The second kappa shape index (κ2) is 3.63. The average Bonchev–Trinajstić information content (AvgIpc) is 2.88. The molecule has 0 aliphatic heterocycles. The van der Waals surface area contributed by atoms with Crippen molar-refractivity contribution in [3.05, 3.63) is 23.0 Å². The number of alkyl halides is 2. The Balaban J connectivity index is 2.37. The zero-order chi connectivity index (χ0) is 11.8. The van der Waals surface area contributed by atoms with Crippen LogP contribution in [0.4, 0.5) is 8.78 Å². The smallest absolute Gasteiger partial charge is 0.442 e. The Labute approximate surface area is 91.9 Å². The van der Waals surface area contributed by atoms with Gasteiger partial charge in [0.25, 0.3) is 0 Å². The zero-order valence-electron chi connectivity index (χ0n) is 7.67. The van der Waals surface area contributed by atoms with Crippen molar-refractivity contribution < 1.29 is 18.7 Å². The molecule has 0 radical (unpaired) electrons. The van der Waals surface area contributed by atoms with Crippen molar-refractivity contribution in [2.24, 2.45) is 0 Å². The van der Waals surface area contributed by atoms with Crippen LogP contribution in [0.3, 0.4) is 0 Å². The minimum Gasteiger partial charge on any atom is -0.475 e. The van der Waals surface area contributed by atoms with Crippen molar-refractivity contribution in [2.45, 2.75) is 6.05 Å². The molecular weight excluding hydrogens is 240 g/mol. The fourth-order valence-electron chi connectivity index (χ4n) is 1.04. The number of carboxylic acids is 1. The second-order valence-corrected chi connectivity index (χ2v) is 3.69. The van der Waals surface area contributed by atoms with Gasteiger partial charge in [-0.3, -0.25) is 0 Å². The highest BCUT2D eigenvalue weighted by Crippen LogP contribution is 2.24. The molecule has 5 nitrogen and oxygen atoms in total. The van der Waals surface area contributed by atoms with Gasteiger partial charge in [0, 0.05) is 10.9 Å². The molecule has 0 saturated heterocycles. The lowest BCUT2D eigenvalue weighted by atomic mass is 10.3. The van der Waals surface area contributed by atoms with Gasteiger partial charge in [-0.05, 0) is 11.4 Å². The average molecular weight is 245 g/mol. The molecule has 0 aromatic carbocycles. The van der Waals surface area contributed by atoms with Gasteiger partial charge in [-0.2, -0.15) is 24.8 Å². The molecule has 1 N–H and O–H groups in total. The molecule has 0 saturated carbocycles. The minimum absolute atomic E-state index is 0.0301. The summed E-state index contributed by atoms with van der Waals surface area (Å²) in [5.41, 5.74) is 0.833. The third-order valence-corrected chi connectivity index (χ3v) is 2.54. The lowest BCUT2D eigenvalue weighted by Crippen LogP contribution is -2.33. The molecule has 2 aromatic heterocycles. The number of hydrogen-bond donors (Lipinski definition) is 1. The SMILES string of the molecule is O=C(O)C(F)(F)n1cc(-c2ccsc2)nn1. The fraction of sp³-hybridized carbons (Fsp3) is 0.125. The first kappa shape index (κ1) is 10.7. The second-order valence-electron chi connectivity index (χ2n) is 2.91. The highest BCUT2D eigenvalue weighted by Gasteiger charge is 2.42. The number of carbonyl (C=O) groups is 1. The van der Waals surface area contributed by atoms with Crippen LogP contribution >= 0.6 is 11.3 Å². The number of aromatic nitrogens is 3. The zero-order valence-corrected chi connectivity index (χ0v) is 8.49. The molecule has 84 valence electrons. The summed E-state index contributed by atoms with van der Waals surface area (Å²) < 4.78 is 26.0. The topological polar surface area (TPSA) is 68.0 Å². The van der Waals surface area contributed by atoms with E-state index in [1.165, 1.54) is 11.3 Å². The number of carboxylic acid groups (broad SMARTS) is 1. The van der Waals surface area contributed by atoms with Crippen LogP contribution in [-0.4, -0.2) is 26.1 Å². The maximum atomic E-state index is 13.0. The first-order valence-corrected chi connectivity index (χ1v) is 5.02. The third kappa shape index (κ3) is 1.67. The van der Waals surface area contributed by atoms with E-state index in [1.54, 1.807) is 16.8 Å². The molecular formula is C8H5F2N3O2S. The van der Waals surface area contributed by atoms with Crippen molar-refractivity contribution in [3.8, 4) is 11.3 Å². The van der Waals surface area contributed by atoms with Gasteiger partial charge in [-0.1, -0.05) is 5.21 Å². The Morgan fingerprint density at radius 1 is 1.56 bits per heavy atom. The summed E-state index contributed by atoms with van der Waals surface area (Å²) in [6, 6.07) is -2.40. The van der Waals surface area contributed by atoms with Crippen LogP contribution in [0.5, 0.6) is 0 Å². The summed E-state index contributed by atoms with van der Waals surface area (Å²) in [5.74, 6) is -2.27. The van der Waals surface area contributed by atoms with Crippen LogP contribution in [0.2, 0.25) is 0 Å². The number of thiophene rings is 1. The van der Waals surface area contributed by atoms with E-state index in [0.29, 0.717) is 5.56 Å². The van der Waals surface area contributed by atoms with Crippen LogP contribution in [0.15, 0.2) is 23.0 Å². The number of halogens is 2. The molecule has 2 rings (SSSR count). The third-order valence-electron chi connectivity index (χ3n) is 1.86. The maximum Gasteiger partial charge on any atom is 0.442 e. The van der Waals surface area contributed by atoms with E-state index >= 15 is 0 Å². The lowest BCUT2D eigenvalue weighted by molar-refractivity contribution is -0.183. The summed E-state index contributed by atoms with van der Waals surface area (Å²) in [6.45, 7) is 0. The van der Waals surface area contributed by atoms with E-state index in [0.717, 1.165) is 6.20 Å². The van der Waals surface area contributed by atoms with E-state index in [1.807, 2.05) is 0 Å². The van der Waals surface area contributed by atoms with Crippen LogP contribution in [0.1, 0.15) is 0 Å². The first-order chi connectivity index (χ1) is 7.51. The van der Waals surface area contributed by atoms with Crippen molar-refractivity contribution >= 4 is 17.3 Å². The van der Waals surface area contributed by atoms with Gasteiger partial charge in [-0.15, -0.1) is 5.10 Å². The minimum atomic E-state index is -4.08. The molecule has 16 heavy (non-hydrogen) atoms. The van der Waals surface area contributed by atoms with Crippen LogP contribution in [0, 0.1) is 0 Å². The summed E-state index contributed by atoms with van der Waals surface area (Å²) >= 11 is 1.38. The summed E-state index contributed by atoms with van der Waals surface area (Å²) in [4.78, 5) is 10.3. The Morgan fingerprint density at radius 3 is 2.88 bits per heavy atom. The summed E-state index contributed by atoms with van der Waals surface area (Å²) in [5, 5.41) is 18.3. The van der Waals surface area contributed by atoms with Crippen LogP contribution in [0.25, 0.3) is 11.3 Å². The predicted octanol–water partition coefficient (Wildman–Crippen LogP) is 1.64. The fourth-order valence-corrected chi connectivity index (χ4v) is 1.69. The lowest BCUT2D eigenvalue weighted by Gasteiger charge is -2.08. The van der Waals surface area contributed by atoms with Gasteiger partial charge in [0.1, 0.15) is 5.69 Å². The Bertz CT molecular complexity index is 509. The van der Waals surface area contributed by atoms with Gasteiger partial charge in [0.2, 0.25) is 0 Å². The Kier molecular flexibility index (Phi) is 2.43. The van der Waals surface area contributed by atoms with Crippen molar-refractivity contribution in [1.82, 2.24) is 15.0 Å². The van der Waals surface area contributed by atoms with Gasteiger partial charge in [0.15, 0.2) is 0 Å². The van der Waals surface area contributed by atoms with Crippen LogP contribution < -0.4 is 0 Å². The molecule has 2 heterocycles. The van der Waals surface area contributed by atoms with Crippen molar-refractivity contribution in [3.63, 3.8) is 0 Å². The molecule has 0 fully saturated rings. The number of aliphatic carboxylic acids is 1. The van der Waals surface area contributed by atoms with E-state index < -0.39 is 12.0 Å². The highest BCUT2D eigenvalue weighted by molar-refractivity contribution is 7.08. The molecule has 0 unspecified atom stereocenters. The molecule has 0 spiro atoms. The first-order valence-electron chi connectivity index (χ1n) is 4.08. The van der Waals surface area contributed by atoms with E-state index in [4.69, 9.17) is 5.11 Å². The van der Waals surface area contributed by atoms with Gasteiger partial charge < -0.3 is 5.11 Å². The highest BCUT2D eigenvalue weighted by atomic mass is 32.1. The monoisotopic (exact) mass is 245 g/mol. The molecule has 0 bridgehead atoms. The van der Waals surface area contributed by atoms with Gasteiger partial charge in [0.05, 0.1) is 6.20 Å². The molecule has 0 aliphatic rings. The molecule has 8 heteroatoms. The van der Waals surface area contributed by atoms with Crippen molar-refractivity contribution in [2.75, 3.05) is 0 Å². The quantitative estimate of drug-likeness (QED) is 0.892. The Morgan fingerprint density at radius 2 is 2.31 bits per heavy atom. The summed E-state index contributed by atoms with van der Waals surface area (Å²) in [6.07, 6.45) is 0.899. The van der Waals surface area contributed by atoms with E-state index in [2.05, 4.69) is 10.3 Å². The van der Waals surface area contributed by atoms with Crippen molar-refractivity contribution in [1.29, 1.82) is 0 Å². The number of hydrogen-bond acceptors (Lipinski definition) is 4. The normalized spacial score (nSPS) is 11.6. The maximum absolute atomic E-state index is 13.0. The number of rotatable bonds is 3. The van der Waals surface area contributed by atoms with E-state index in [9.17, 15) is 13.6 Å². The van der Waals surface area contributed by atoms with E-state index in [-0.39, 0.29) is 10.4 Å².